The van der Waals surface area contributed by atoms with Gasteiger partial charge in [0.25, 0.3) is 0 Å². The summed E-state index contributed by atoms with van der Waals surface area (Å²) in [6.07, 6.45) is 1.77. The predicted molar refractivity (Wildman–Crippen MR) is 80.9 cm³/mol. The van der Waals surface area contributed by atoms with Gasteiger partial charge in [0, 0.05) is 11.5 Å². The molecule has 0 aliphatic heterocycles. The van der Waals surface area contributed by atoms with Gasteiger partial charge in [-0.15, -0.1) is 11.3 Å². The van der Waals surface area contributed by atoms with Crippen LogP contribution in [0, 0.1) is 12.3 Å². The quantitative estimate of drug-likeness (QED) is 0.805. The van der Waals surface area contributed by atoms with E-state index in [0.717, 1.165) is 16.7 Å². The average Bonchev–Trinajstić information content (AvgIpc) is 2.77. The summed E-state index contributed by atoms with van der Waals surface area (Å²) in [5.74, 6) is -0.299. The maximum atomic E-state index is 11.2. The molecule has 2 aromatic rings. The molecule has 112 valence electrons. The van der Waals surface area contributed by atoms with Gasteiger partial charge in [0.05, 0.1) is 11.5 Å². The summed E-state index contributed by atoms with van der Waals surface area (Å²) in [6, 6.07) is 0.109. The second kappa shape index (κ2) is 4.64. The molecule has 21 heavy (non-hydrogen) atoms. The lowest BCUT2D eigenvalue weighted by atomic mass is 9.64. The zero-order valence-corrected chi connectivity index (χ0v) is 12.9. The number of rotatable bonds is 3. The molecule has 0 aromatic carbocycles. The number of aromatic carboxylic acids is 1. The first kappa shape index (κ1) is 14.2. The van der Waals surface area contributed by atoms with Crippen molar-refractivity contribution in [3.63, 3.8) is 0 Å². The van der Waals surface area contributed by atoms with E-state index in [1.807, 2.05) is 13.8 Å². The van der Waals surface area contributed by atoms with Crippen molar-refractivity contribution < 1.29 is 15.0 Å². The Hall–Kier alpha value is -1.73. The van der Waals surface area contributed by atoms with Crippen LogP contribution < -0.4 is 5.32 Å². The van der Waals surface area contributed by atoms with Gasteiger partial charge in [-0.2, -0.15) is 0 Å². The molecule has 2 unspecified atom stereocenters. The molecule has 2 heterocycles. The number of anilines is 1. The van der Waals surface area contributed by atoms with E-state index in [0.29, 0.717) is 27.5 Å². The molecular formula is C14H17N3O3S. The Bertz CT molecular complexity index is 726. The lowest BCUT2D eigenvalue weighted by Gasteiger charge is -2.49. The Morgan fingerprint density at radius 2 is 2.19 bits per heavy atom. The third kappa shape index (κ3) is 2.08. The first-order valence-electron chi connectivity index (χ1n) is 6.74. The summed E-state index contributed by atoms with van der Waals surface area (Å²) >= 11 is 1.16. The second-order valence-electron chi connectivity index (χ2n) is 6.03. The number of carbonyl (C=O) groups is 1. The number of nitrogens with zero attached hydrogens (tertiary/aromatic N) is 2. The zero-order valence-electron chi connectivity index (χ0n) is 12.0. The predicted octanol–water partition coefficient (Wildman–Crippen LogP) is 2.27. The number of aliphatic hydroxyl groups excluding tert-OH is 1. The van der Waals surface area contributed by atoms with Crippen LogP contribution in [0.4, 0.5) is 5.82 Å². The van der Waals surface area contributed by atoms with Crippen LogP contribution in [0.1, 0.15) is 35.5 Å². The standard InChI is InChI=1S/C14H17N3O3S/c1-6-9-11(17-7-4-8(18)14(7,2)3)15-5-16-12(9)21-10(6)13(19)20/h5,7-8,18H,4H2,1-3H3,(H,19,20)(H,15,16,17). The van der Waals surface area contributed by atoms with Crippen LogP contribution in [0.5, 0.6) is 0 Å². The van der Waals surface area contributed by atoms with E-state index in [4.69, 9.17) is 0 Å². The molecular weight excluding hydrogens is 290 g/mol. The number of hydrogen-bond acceptors (Lipinski definition) is 6. The highest BCUT2D eigenvalue weighted by molar-refractivity contribution is 7.20. The van der Waals surface area contributed by atoms with Gasteiger partial charge in [-0.05, 0) is 18.9 Å². The third-order valence-corrected chi connectivity index (χ3v) is 5.64. The molecule has 0 bridgehead atoms. The maximum Gasteiger partial charge on any atom is 0.346 e. The van der Waals surface area contributed by atoms with E-state index in [2.05, 4.69) is 15.3 Å². The average molecular weight is 307 g/mol. The Morgan fingerprint density at radius 1 is 1.48 bits per heavy atom. The molecule has 1 saturated carbocycles. The highest BCUT2D eigenvalue weighted by Gasteiger charge is 2.47. The van der Waals surface area contributed by atoms with E-state index in [-0.39, 0.29) is 17.6 Å². The summed E-state index contributed by atoms with van der Waals surface area (Å²) in [7, 11) is 0. The van der Waals surface area contributed by atoms with Crippen LogP contribution >= 0.6 is 11.3 Å². The third-order valence-electron chi connectivity index (χ3n) is 4.45. The molecule has 0 radical (unpaired) electrons. The maximum absolute atomic E-state index is 11.2. The lowest BCUT2D eigenvalue weighted by molar-refractivity contribution is -0.0511. The Kier molecular flexibility index (Phi) is 3.14. The van der Waals surface area contributed by atoms with Crippen molar-refractivity contribution in [2.24, 2.45) is 5.41 Å². The van der Waals surface area contributed by atoms with Gasteiger partial charge in [0.15, 0.2) is 0 Å². The molecule has 6 nitrogen and oxygen atoms in total. The number of aryl methyl sites for hydroxylation is 1. The van der Waals surface area contributed by atoms with E-state index in [1.165, 1.54) is 6.33 Å². The Labute approximate surface area is 125 Å². The lowest BCUT2D eigenvalue weighted by Crippen LogP contribution is -2.57. The van der Waals surface area contributed by atoms with Gasteiger partial charge in [-0.3, -0.25) is 0 Å². The van der Waals surface area contributed by atoms with Crippen molar-refractivity contribution in [2.45, 2.75) is 39.3 Å². The second-order valence-corrected chi connectivity index (χ2v) is 7.03. The van der Waals surface area contributed by atoms with Gasteiger partial charge >= 0.3 is 5.97 Å². The SMILES string of the molecule is Cc1c(C(=O)O)sc2ncnc(NC3CC(O)C3(C)C)c12. The molecule has 3 rings (SSSR count). The first-order valence-corrected chi connectivity index (χ1v) is 7.56. The van der Waals surface area contributed by atoms with E-state index < -0.39 is 5.97 Å². The van der Waals surface area contributed by atoms with Crippen LogP contribution in [-0.4, -0.2) is 38.3 Å². The van der Waals surface area contributed by atoms with Crippen LogP contribution in [0.15, 0.2) is 6.33 Å². The van der Waals surface area contributed by atoms with Crippen LogP contribution in [0.25, 0.3) is 10.2 Å². The van der Waals surface area contributed by atoms with Crippen molar-refractivity contribution in [3.8, 4) is 0 Å². The first-order chi connectivity index (χ1) is 9.82. The number of aliphatic hydroxyl groups is 1. The van der Waals surface area contributed by atoms with Crippen LogP contribution in [0.3, 0.4) is 0 Å². The summed E-state index contributed by atoms with van der Waals surface area (Å²) in [5, 5.41) is 23.1. The van der Waals surface area contributed by atoms with Gasteiger partial charge in [-0.1, -0.05) is 13.8 Å². The summed E-state index contributed by atoms with van der Waals surface area (Å²) in [6.45, 7) is 5.78. The van der Waals surface area contributed by atoms with Crippen molar-refractivity contribution in [1.29, 1.82) is 0 Å². The molecule has 2 aromatic heterocycles. The van der Waals surface area contributed by atoms with Crippen LogP contribution in [-0.2, 0) is 0 Å². The zero-order chi connectivity index (χ0) is 15.4. The smallest absolute Gasteiger partial charge is 0.346 e. The number of thiophene rings is 1. The highest BCUT2D eigenvalue weighted by Crippen LogP contribution is 2.43. The van der Waals surface area contributed by atoms with Crippen molar-refractivity contribution >= 4 is 33.3 Å². The number of aromatic nitrogens is 2. The molecule has 3 N–H and O–H groups in total. The summed E-state index contributed by atoms with van der Waals surface area (Å²) in [4.78, 5) is 20.6. The van der Waals surface area contributed by atoms with Gasteiger partial charge in [0.1, 0.15) is 21.9 Å². The fraction of sp³-hybridized carbons (Fsp3) is 0.500. The minimum atomic E-state index is -0.944. The fourth-order valence-corrected chi connectivity index (χ4v) is 3.68. The summed E-state index contributed by atoms with van der Waals surface area (Å²) in [5.41, 5.74) is 0.458. The van der Waals surface area contributed by atoms with Crippen molar-refractivity contribution in [3.05, 3.63) is 16.8 Å². The Morgan fingerprint density at radius 3 is 2.76 bits per heavy atom. The molecule has 2 atom stereocenters. The Balaban J connectivity index is 2.02. The number of hydrogen-bond donors (Lipinski definition) is 3. The number of carboxylic acids is 1. The van der Waals surface area contributed by atoms with Gasteiger partial charge in [-0.25, -0.2) is 14.8 Å². The number of fused-ring (bicyclic) bond motifs is 1. The highest BCUT2D eigenvalue weighted by atomic mass is 32.1. The molecule has 7 heteroatoms. The minimum Gasteiger partial charge on any atom is -0.477 e. The van der Waals surface area contributed by atoms with E-state index in [9.17, 15) is 15.0 Å². The summed E-state index contributed by atoms with van der Waals surface area (Å²) < 4.78 is 0. The van der Waals surface area contributed by atoms with Crippen LogP contribution in [0.2, 0.25) is 0 Å². The topological polar surface area (TPSA) is 95.3 Å². The monoisotopic (exact) mass is 307 g/mol. The van der Waals surface area contributed by atoms with E-state index in [1.54, 1.807) is 6.92 Å². The molecule has 1 aliphatic rings. The molecule has 1 fully saturated rings. The molecule has 1 aliphatic carbocycles. The minimum absolute atomic E-state index is 0.109. The fourth-order valence-electron chi connectivity index (χ4n) is 2.70. The molecule has 0 amide bonds. The van der Waals surface area contributed by atoms with Gasteiger partial charge in [0.2, 0.25) is 0 Å². The van der Waals surface area contributed by atoms with Crippen molar-refractivity contribution in [1.82, 2.24) is 9.97 Å². The largest absolute Gasteiger partial charge is 0.477 e. The normalized spacial score (nSPS) is 23.8. The van der Waals surface area contributed by atoms with Crippen molar-refractivity contribution in [2.75, 3.05) is 5.32 Å². The number of nitrogens with one attached hydrogen (secondary N) is 1. The molecule has 0 saturated heterocycles. The van der Waals surface area contributed by atoms with E-state index >= 15 is 0 Å². The number of carboxylic acid groups (broad SMARTS) is 1. The molecule has 0 spiro atoms. The van der Waals surface area contributed by atoms with Gasteiger partial charge < -0.3 is 15.5 Å².